The van der Waals surface area contributed by atoms with E-state index in [1.54, 1.807) is 0 Å². The highest BCUT2D eigenvalue weighted by molar-refractivity contribution is 7.90. The summed E-state index contributed by atoms with van der Waals surface area (Å²) in [4.78, 5) is 6.73. The minimum Gasteiger partial charge on any atom is -0.303 e. The van der Waals surface area contributed by atoms with E-state index in [0.29, 0.717) is 5.92 Å². The second-order valence-electron chi connectivity index (χ2n) is 6.18. The molecule has 120 valence electrons. The van der Waals surface area contributed by atoms with Gasteiger partial charge >= 0.3 is 0 Å². The number of hydrogen-bond donors (Lipinski definition) is 0. The molecule has 1 aliphatic rings. The summed E-state index contributed by atoms with van der Waals surface area (Å²) in [6, 6.07) is 0. The zero-order valence-corrected chi connectivity index (χ0v) is 14.1. The highest BCUT2D eigenvalue weighted by atomic mass is 32.2. The van der Waals surface area contributed by atoms with Gasteiger partial charge in [0.15, 0.2) is 0 Å². The van der Waals surface area contributed by atoms with E-state index in [0.717, 1.165) is 44.2 Å². The van der Waals surface area contributed by atoms with Crippen LogP contribution in [0.5, 0.6) is 0 Å². The van der Waals surface area contributed by atoms with Gasteiger partial charge in [0.25, 0.3) is 0 Å². The molecule has 1 aromatic heterocycles. The molecule has 0 N–H and O–H groups in total. The minimum atomic E-state index is -2.84. The Morgan fingerprint density at radius 2 is 2.10 bits per heavy atom. The van der Waals surface area contributed by atoms with Crippen LogP contribution in [0.25, 0.3) is 0 Å². The Morgan fingerprint density at radius 1 is 1.33 bits per heavy atom. The van der Waals surface area contributed by atoms with Crippen molar-refractivity contribution < 1.29 is 8.42 Å². The Labute approximate surface area is 127 Å². The van der Waals surface area contributed by atoms with E-state index < -0.39 is 9.84 Å². The van der Waals surface area contributed by atoms with Crippen LogP contribution in [0, 0.1) is 19.8 Å². The summed E-state index contributed by atoms with van der Waals surface area (Å²) in [5, 5.41) is 4.43. The third kappa shape index (κ3) is 5.39. The zero-order valence-electron chi connectivity index (χ0n) is 13.2. The van der Waals surface area contributed by atoms with Crippen LogP contribution < -0.4 is 0 Å². The summed E-state index contributed by atoms with van der Waals surface area (Å²) in [7, 11) is -2.84. The van der Waals surface area contributed by atoms with Crippen LogP contribution in [0.4, 0.5) is 0 Å². The summed E-state index contributed by atoms with van der Waals surface area (Å²) in [5.74, 6) is 2.67. The van der Waals surface area contributed by atoms with Crippen molar-refractivity contribution in [3.63, 3.8) is 0 Å². The highest BCUT2D eigenvalue weighted by Crippen LogP contribution is 2.19. The fourth-order valence-electron chi connectivity index (χ4n) is 3.03. The highest BCUT2D eigenvalue weighted by Gasteiger charge is 2.21. The van der Waals surface area contributed by atoms with Crippen molar-refractivity contribution in [2.75, 3.05) is 31.6 Å². The Morgan fingerprint density at radius 3 is 2.71 bits per heavy atom. The second kappa shape index (κ2) is 6.87. The minimum absolute atomic E-state index is 0.287. The van der Waals surface area contributed by atoms with Crippen molar-refractivity contribution in [3.05, 3.63) is 11.6 Å². The van der Waals surface area contributed by atoms with E-state index in [-0.39, 0.29) is 5.75 Å². The van der Waals surface area contributed by atoms with Crippen molar-refractivity contribution in [1.82, 2.24) is 19.7 Å². The lowest BCUT2D eigenvalue weighted by atomic mass is 9.98. The van der Waals surface area contributed by atoms with Gasteiger partial charge in [-0.05, 0) is 52.1 Å². The van der Waals surface area contributed by atoms with Crippen LogP contribution in [0.3, 0.4) is 0 Å². The van der Waals surface area contributed by atoms with Gasteiger partial charge in [-0.25, -0.2) is 18.1 Å². The molecule has 0 spiro atoms. The van der Waals surface area contributed by atoms with E-state index in [4.69, 9.17) is 0 Å². The lowest BCUT2D eigenvalue weighted by Crippen LogP contribution is -2.38. The summed E-state index contributed by atoms with van der Waals surface area (Å²) in [5.41, 5.74) is 0. The Balaban J connectivity index is 1.82. The lowest BCUT2D eigenvalue weighted by Gasteiger charge is -2.32. The number of rotatable bonds is 6. The molecule has 0 aromatic carbocycles. The fraction of sp³-hybridized carbons (Fsp3) is 0.857. The first-order chi connectivity index (χ1) is 9.83. The molecule has 1 fully saturated rings. The second-order valence-corrected chi connectivity index (χ2v) is 8.44. The number of aryl methyl sites for hydroxylation is 2. The average Bonchev–Trinajstić information content (AvgIpc) is 2.66. The molecular formula is C14H26N4O2S. The molecule has 1 aromatic rings. The van der Waals surface area contributed by atoms with Gasteiger partial charge in [0.2, 0.25) is 0 Å². The van der Waals surface area contributed by atoms with Crippen molar-refractivity contribution in [2.45, 2.75) is 39.7 Å². The van der Waals surface area contributed by atoms with Gasteiger partial charge in [-0.15, -0.1) is 0 Å². The monoisotopic (exact) mass is 314 g/mol. The molecule has 0 saturated carbocycles. The molecule has 0 aliphatic carbocycles. The van der Waals surface area contributed by atoms with E-state index in [1.165, 1.54) is 19.1 Å². The molecule has 2 rings (SSSR count). The first-order valence-corrected chi connectivity index (χ1v) is 9.67. The molecule has 1 atom stereocenters. The van der Waals surface area contributed by atoms with Gasteiger partial charge in [-0.3, -0.25) is 0 Å². The fourth-order valence-corrected chi connectivity index (χ4v) is 3.69. The van der Waals surface area contributed by atoms with Gasteiger partial charge in [0.05, 0.1) is 5.75 Å². The van der Waals surface area contributed by atoms with Gasteiger partial charge in [-0.1, -0.05) is 0 Å². The summed E-state index contributed by atoms with van der Waals surface area (Å²) >= 11 is 0. The molecule has 0 bridgehead atoms. The number of nitrogens with zero attached hydrogens (tertiary/aromatic N) is 4. The van der Waals surface area contributed by atoms with Gasteiger partial charge < -0.3 is 4.90 Å². The normalized spacial score (nSPS) is 20.8. The van der Waals surface area contributed by atoms with Crippen LogP contribution in [0.2, 0.25) is 0 Å². The third-order valence-corrected chi connectivity index (χ3v) is 5.02. The number of sulfone groups is 1. The SMILES string of the molecule is Cc1nc(C)n(C[C@@H]2CCCN(CCCS(C)(=O)=O)C2)n1. The van der Waals surface area contributed by atoms with Crippen molar-refractivity contribution in [2.24, 2.45) is 5.92 Å². The number of aromatic nitrogens is 3. The molecule has 2 heterocycles. The molecule has 0 unspecified atom stereocenters. The maximum absolute atomic E-state index is 11.2. The van der Waals surface area contributed by atoms with E-state index >= 15 is 0 Å². The van der Waals surface area contributed by atoms with Crippen molar-refractivity contribution in [1.29, 1.82) is 0 Å². The molecule has 1 saturated heterocycles. The van der Waals surface area contributed by atoms with Crippen LogP contribution >= 0.6 is 0 Å². The summed E-state index contributed by atoms with van der Waals surface area (Å²) in [6.07, 6.45) is 4.42. The predicted molar refractivity (Wildman–Crippen MR) is 83.0 cm³/mol. The first kappa shape index (κ1) is 16.4. The van der Waals surface area contributed by atoms with E-state index in [1.807, 2.05) is 18.5 Å². The van der Waals surface area contributed by atoms with Gasteiger partial charge in [0, 0.05) is 19.3 Å². The maximum Gasteiger partial charge on any atom is 0.147 e. The van der Waals surface area contributed by atoms with Crippen molar-refractivity contribution in [3.8, 4) is 0 Å². The first-order valence-electron chi connectivity index (χ1n) is 7.61. The maximum atomic E-state index is 11.2. The zero-order chi connectivity index (χ0) is 15.5. The molecule has 1 aliphatic heterocycles. The van der Waals surface area contributed by atoms with E-state index in [2.05, 4.69) is 15.0 Å². The third-order valence-electron chi connectivity index (χ3n) is 3.99. The number of piperidine rings is 1. The molecule has 0 radical (unpaired) electrons. The quantitative estimate of drug-likeness (QED) is 0.785. The Hall–Kier alpha value is -0.950. The lowest BCUT2D eigenvalue weighted by molar-refractivity contribution is 0.159. The molecule has 6 nitrogen and oxygen atoms in total. The smallest absolute Gasteiger partial charge is 0.147 e. The Bertz CT molecular complexity index is 568. The number of hydrogen-bond acceptors (Lipinski definition) is 5. The van der Waals surface area contributed by atoms with E-state index in [9.17, 15) is 8.42 Å². The number of likely N-dealkylation sites (tertiary alicyclic amines) is 1. The topological polar surface area (TPSA) is 68.1 Å². The van der Waals surface area contributed by atoms with Gasteiger partial charge in [0.1, 0.15) is 21.5 Å². The van der Waals surface area contributed by atoms with Gasteiger partial charge in [-0.2, -0.15) is 5.10 Å². The molecule has 21 heavy (non-hydrogen) atoms. The van der Waals surface area contributed by atoms with Crippen LogP contribution in [-0.2, 0) is 16.4 Å². The molecule has 7 heteroatoms. The summed E-state index contributed by atoms with van der Waals surface area (Å²) in [6.45, 7) is 7.81. The van der Waals surface area contributed by atoms with Crippen LogP contribution in [0.1, 0.15) is 30.9 Å². The van der Waals surface area contributed by atoms with Crippen molar-refractivity contribution >= 4 is 9.84 Å². The summed E-state index contributed by atoms with van der Waals surface area (Å²) < 4.78 is 24.4. The standard InChI is InChI=1S/C14H26N4O2S/c1-12-15-13(2)18(16-12)11-14-6-4-7-17(10-14)8-5-9-21(3,19)20/h14H,4-11H2,1-3H3/t14-/m1/s1. The largest absolute Gasteiger partial charge is 0.303 e. The average molecular weight is 314 g/mol. The molecular weight excluding hydrogens is 288 g/mol. The van der Waals surface area contributed by atoms with Crippen LogP contribution in [-0.4, -0.2) is 59.7 Å². The molecule has 0 amide bonds. The van der Waals surface area contributed by atoms with Crippen LogP contribution in [0.15, 0.2) is 0 Å². The predicted octanol–water partition coefficient (Wildman–Crippen LogP) is 1.04. The Kier molecular flexibility index (Phi) is 5.37.